The summed E-state index contributed by atoms with van der Waals surface area (Å²) < 4.78 is 6.01. The van der Waals surface area contributed by atoms with Crippen LogP contribution in [-0.2, 0) is 13.1 Å². The van der Waals surface area contributed by atoms with Gasteiger partial charge < -0.3 is 4.90 Å². The molecule has 0 aliphatic carbocycles. The lowest BCUT2D eigenvalue weighted by molar-refractivity contribution is -0.679. The second-order valence-electron chi connectivity index (χ2n) is 10.1. The lowest BCUT2D eigenvalue weighted by Gasteiger charge is -2.17. The standard InChI is InChI=1S/C35H34N3OS3/c1-5-36-27-22-24(4)18-19-28(27)40-30(36)21-20-29-35(39)38(7-3)32(41-29)23-31-37(6-2)33(25-14-10-8-11-15-25)34(42-31)26-16-12-9-13-17-26/h8-23H,5-7H2,1-4H3/q+1. The summed E-state index contributed by atoms with van der Waals surface area (Å²) in [4.78, 5) is 18.4. The predicted octanol–water partition coefficient (Wildman–Crippen LogP) is 7.02. The van der Waals surface area contributed by atoms with Crippen molar-refractivity contribution in [3.8, 4) is 21.7 Å². The van der Waals surface area contributed by atoms with Gasteiger partial charge in [0, 0.05) is 23.5 Å². The minimum absolute atomic E-state index is 0.0659. The molecule has 0 saturated heterocycles. The molecule has 6 rings (SSSR count). The van der Waals surface area contributed by atoms with Gasteiger partial charge in [-0.3, -0.25) is 9.36 Å². The van der Waals surface area contributed by atoms with Crippen LogP contribution in [0.5, 0.6) is 0 Å². The van der Waals surface area contributed by atoms with Crippen molar-refractivity contribution in [3.63, 3.8) is 0 Å². The maximum atomic E-state index is 13.6. The summed E-state index contributed by atoms with van der Waals surface area (Å²) in [5.41, 5.74) is 6.18. The summed E-state index contributed by atoms with van der Waals surface area (Å²) in [5, 5.41) is 2.29. The Kier molecular flexibility index (Phi) is 8.34. The molecule has 3 aromatic carbocycles. The highest BCUT2D eigenvalue weighted by Crippen LogP contribution is 2.46. The number of thioether (sulfide) groups is 1. The van der Waals surface area contributed by atoms with Crippen LogP contribution in [0.3, 0.4) is 0 Å². The SMILES string of the molecule is CCN1C(=CC=c2s/c(=C/c3sc(-c4ccccc4)c(-c4ccccc4)[n+]3CC)n(CC)c2=O)Sc2ccc(C)cc21. The van der Waals surface area contributed by atoms with E-state index in [2.05, 4.69) is 121 Å². The Hall–Kier alpha value is -3.65. The largest absolute Gasteiger partial charge is 0.335 e. The van der Waals surface area contributed by atoms with Crippen LogP contribution < -0.4 is 24.2 Å². The highest BCUT2D eigenvalue weighted by atomic mass is 32.2. The van der Waals surface area contributed by atoms with Crippen molar-refractivity contribution in [3.05, 3.63) is 120 Å². The number of thiazole rings is 2. The van der Waals surface area contributed by atoms with Crippen LogP contribution >= 0.6 is 34.4 Å². The molecular weight excluding hydrogens is 575 g/mol. The summed E-state index contributed by atoms with van der Waals surface area (Å²) in [5.74, 6) is 0. The first-order valence-corrected chi connectivity index (χ1v) is 16.8. The number of rotatable bonds is 7. The number of hydrogen-bond donors (Lipinski definition) is 0. The zero-order chi connectivity index (χ0) is 29.2. The molecule has 0 saturated carbocycles. The number of allylic oxidation sites excluding steroid dienone is 1. The summed E-state index contributed by atoms with van der Waals surface area (Å²) in [6, 6.07) is 27.8. The third-order valence-electron chi connectivity index (χ3n) is 7.44. The van der Waals surface area contributed by atoms with Crippen molar-refractivity contribution in [1.82, 2.24) is 4.57 Å². The summed E-state index contributed by atoms with van der Waals surface area (Å²) >= 11 is 5.12. The maximum Gasteiger partial charge on any atom is 0.269 e. The lowest BCUT2D eigenvalue weighted by atomic mass is 10.1. The zero-order valence-electron chi connectivity index (χ0n) is 24.3. The van der Waals surface area contributed by atoms with Crippen LogP contribution in [0.4, 0.5) is 5.69 Å². The van der Waals surface area contributed by atoms with Crippen LogP contribution in [0, 0.1) is 6.92 Å². The summed E-state index contributed by atoms with van der Waals surface area (Å²) in [7, 11) is 0. The Morgan fingerprint density at radius 2 is 1.55 bits per heavy atom. The van der Waals surface area contributed by atoms with Crippen molar-refractivity contribution in [1.29, 1.82) is 0 Å². The Labute approximate surface area is 259 Å². The van der Waals surface area contributed by atoms with E-state index in [0.29, 0.717) is 6.54 Å². The van der Waals surface area contributed by atoms with Crippen molar-refractivity contribution in [2.45, 2.75) is 45.7 Å². The first kappa shape index (κ1) is 28.5. The van der Waals surface area contributed by atoms with Crippen molar-refractivity contribution in [2.75, 3.05) is 11.4 Å². The normalized spacial score (nSPS) is 14.8. The monoisotopic (exact) mass is 608 g/mol. The molecule has 4 nitrogen and oxygen atoms in total. The van der Waals surface area contributed by atoms with Gasteiger partial charge in [-0.25, -0.2) is 0 Å². The number of anilines is 1. The smallest absolute Gasteiger partial charge is 0.269 e. The fraction of sp³-hybridized carbons (Fsp3) is 0.200. The molecule has 3 heterocycles. The highest BCUT2D eigenvalue weighted by Gasteiger charge is 2.27. The lowest BCUT2D eigenvalue weighted by Crippen LogP contribution is -2.36. The third-order valence-corrected chi connectivity index (χ3v) is 10.8. The van der Waals surface area contributed by atoms with Crippen LogP contribution in [-0.4, -0.2) is 11.1 Å². The Morgan fingerprint density at radius 1 is 0.833 bits per heavy atom. The molecule has 7 heteroatoms. The molecule has 212 valence electrons. The Bertz CT molecular complexity index is 1950. The molecule has 0 amide bonds. The van der Waals surface area contributed by atoms with E-state index in [1.165, 1.54) is 37.8 Å². The van der Waals surface area contributed by atoms with Gasteiger partial charge in [-0.1, -0.05) is 77.7 Å². The molecule has 0 radical (unpaired) electrons. The maximum absolute atomic E-state index is 13.6. The fourth-order valence-electron chi connectivity index (χ4n) is 5.40. The van der Waals surface area contributed by atoms with Gasteiger partial charge in [-0.2, -0.15) is 4.57 Å². The minimum Gasteiger partial charge on any atom is -0.335 e. The molecular formula is C35H34N3OS3+. The van der Waals surface area contributed by atoms with Gasteiger partial charge in [0.2, 0.25) is 5.69 Å². The van der Waals surface area contributed by atoms with E-state index < -0.39 is 0 Å². The van der Waals surface area contributed by atoms with Crippen LogP contribution in [0.25, 0.3) is 33.9 Å². The van der Waals surface area contributed by atoms with Gasteiger partial charge in [0.1, 0.15) is 16.1 Å². The number of nitrogens with zero attached hydrogens (tertiary/aromatic N) is 3. The Morgan fingerprint density at radius 3 is 2.21 bits per heavy atom. The molecule has 0 bridgehead atoms. The molecule has 5 aromatic rings. The van der Waals surface area contributed by atoms with E-state index in [1.807, 2.05) is 17.6 Å². The first-order valence-electron chi connectivity index (χ1n) is 14.4. The van der Waals surface area contributed by atoms with Crippen LogP contribution in [0.1, 0.15) is 31.3 Å². The number of benzene rings is 3. The van der Waals surface area contributed by atoms with Gasteiger partial charge in [0.05, 0.1) is 21.3 Å². The molecule has 0 atom stereocenters. The number of aryl methyl sites for hydroxylation is 1. The van der Waals surface area contributed by atoms with E-state index in [9.17, 15) is 4.79 Å². The Balaban J connectivity index is 1.48. The van der Waals surface area contributed by atoms with Crippen molar-refractivity contribution < 1.29 is 4.57 Å². The van der Waals surface area contributed by atoms with E-state index in [1.54, 1.807) is 34.4 Å². The molecule has 0 N–H and O–H groups in total. The molecule has 2 aromatic heterocycles. The van der Waals surface area contributed by atoms with E-state index in [-0.39, 0.29) is 5.56 Å². The molecule has 0 unspecified atom stereocenters. The number of hydrogen-bond acceptors (Lipinski definition) is 5. The zero-order valence-corrected chi connectivity index (χ0v) is 26.8. The number of aromatic nitrogens is 2. The van der Waals surface area contributed by atoms with Crippen LogP contribution in [0.2, 0.25) is 0 Å². The highest BCUT2D eigenvalue weighted by molar-refractivity contribution is 8.03. The summed E-state index contributed by atoms with van der Waals surface area (Å²) in [6.45, 7) is 10.9. The summed E-state index contributed by atoms with van der Waals surface area (Å²) in [6.07, 6.45) is 6.32. The molecule has 1 aliphatic rings. The van der Waals surface area contributed by atoms with Gasteiger partial charge >= 0.3 is 0 Å². The average Bonchev–Trinajstić information content (AvgIpc) is 3.66. The average molecular weight is 609 g/mol. The van der Waals surface area contributed by atoms with E-state index in [4.69, 9.17) is 0 Å². The van der Waals surface area contributed by atoms with Crippen molar-refractivity contribution in [2.24, 2.45) is 0 Å². The van der Waals surface area contributed by atoms with Gasteiger partial charge in [0.25, 0.3) is 10.6 Å². The molecule has 0 spiro atoms. The van der Waals surface area contributed by atoms with Crippen molar-refractivity contribution >= 4 is 52.3 Å². The molecule has 0 fully saturated rings. The second kappa shape index (κ2) is 12.3. The van der Waals surface area contributed by atoms with Gasteiger partial charge in [-0.15, -0.1) is 11.3 Å². The quantitative estimate of drug-likeness (QED) is 0.186. The van der Waals surface area contributed by atoms with E-state index >= 15 is 0 Å². The van der Waals surface area contributed by atoms with Gasteiger partial charge in [0.15, 0.2) is 0 Å². The van der Waals surface area contributed by atoms with E-state index in [0.717, 1.165) is 32.3 Å². The first-order chi connectivity index (χ1) is 20.5. The molecule has 42 heavy (non-hydrogen) atoms. The second-order valence-corrected chi connectivity index (χ2v) is 13.2. The topological polar surface area (TPSA) is 29.1 Å². The minimum atomic E-state index is 0.0659. The predicted molar refractivity (Wildman–Crippen MR) is 181 cm³/mol. The molecule has 1 aliphatic heterocycles. The number of fused-ring (bicyclic) bond motifs is 1. The van der Waals surface area contributed by atoms with Gasteiger partial charge in [-0.05, 0) is 75.2 Å². The fourth-order valence-corrected chi connectivity index (χ4v) is 8.92. The van der Waals surface area contributed by atoms with Crippen LogP contribution in [0.15, 0.2) is 99.7 Å². The third kappa shape index (κ3) is 5.33.